The van der Waals surface area contributed by atoms with E-state index in [9.17, 15) is 8.42 Å². The van der Waals surface area contributed by atoms with Gasteiger partial charge in [0.15, 0.2) is 9.84 Å². The van der Waals surface area contributed by atoms with Crippen molar-refractivity contribution in [2.24, 2.45) is 5.92 Å². The fourth-order valence-corrected chi connectivity index (χ4v) is 5.73. The number of fused-ring (bicyclic) bond motifs is 1. The highest BCUT2D eigenvalue weighted by Crippen LogP contribution is 2.36. The first-order chi connectivity index (χ1) is 15.6. The highest BCUT2D eigenvalue weighted by molar-refractivity contribution is 7.90. The number of hydrogen-bond acceptors (Lipinski definition) is 5. The van der Waals surface area contributed by atoms with Gasteiger partial charge in [-0.25, -0.2) is 8.42 Å². The number of benzene rings is 2. The van der Waals surface area contributed by atoms with Crippen molar-refractivity contribution in [3.8, 4) is 11.1 Å². The lowest BCUT2D eigenvalue weighted by Gasteiger charge is -2.32. The Hall–Kier alpha value is -2.15. The average molecular weight is 486 g/mol. The molecule has 1 aliphatic carbocycles. The van der Waals surface area contributed by atoms with Crippen LogP contribution >= 0.6 is 11.6 Å². The maximum Gasteiger partial charge on any atom is 0.179 e. The Bertz CT molecular complexity index is 1270. The van der Waals surface area contributed by atoms with E-state index in [4.69, 9.17) is 11.6 Å². The zero-order valence-electron chi connectivity index (χ0n) is 19.7. The summed E-state index contributed by atoms with van der Waals surface area (Å²) >= 11 is 6.36. The number of pyridine rings is 1. The number of rotatable bonds is 6. The Labute approximate surface area is 202 Å². The van der Waals surface area contributed by atoms with Crippen molar-refractivity contribution in [3.05, 3.63) is 53.2 Å². The number of hydrogen-bond donors (Lipinski definition) is 1. The molecule has 1 N–H and O–H groups in total. The molecule has 7 heteroatoms. The van der Waals surface area contributed by atoms with E-state index in [1.54, 1.807) is 0 Å². The monoisotopic (exact) mass is 485 g/mol. The number of aromatic nitrogens is 1. The molecule has 0 atom stereocenters. The fraction of sp³-hybridized carbons (Fsp3) is 0.423. The maximum atomic E-state index is 12.6. The molecule has 0 spiro atoms. The lowest BCUT2D eigenvalue weighted by molar-refractivity contribution is 0.255. The Morgan fingerprint density at radius 3 is 2.36 bits per heavy atom. The summed E-state index contributed by atoms with van der Waals surface area (Å²) in [7, 11) is 0.786. The highest BCUT2D eigenvalue weighted by Gasteiger charge is 2.25. The Balaban J connectivity index is 1.73. The molecule has 5 nitrogen and oxygen atoms in total. The molecule has 1 saturated carbocycles. The molecule has 4 rings (SSSR count). The Morgan fingerprint density at radius 2 is 1.73 bits per heavy atom. The summed E-state index contributed by atoms with van der Waals surface area (Å²) in [6.07, 6.45) is 7.07. The summed E-state index contributed by atoms with van der Waals surface area (Å²) in [6.45, 7) is 3.08. The van der Waals surface area contributed by atoms with Gasteiger partial charge in [-0.15, -0.1) is 0 Å². The smallest absolute Gasteiger partial charge is 0.179 e. The van der Waals surface area contributed by atoms with Crippen LogP contribution in [0.2, 0.25) is 5.02 Å². The molecule has 0 aliphatic heterocycles. The van der Waals surface area contributed by atoms with Crippen LogP contribution in [0.3, 0.4) is 0 Å². The number of nitrogens with zero attached hydrogens (tertiary/aromatic N) is 2. The van der Waals surface area contributed by atoms with Gasteiger partial charge < -0.3 is 10.2 Å². The van der Waals surface area contributed by atoms with Gasteiger partial charge in [-0.3, -0.25) is 4.98 Å². The Morgan fingerprint density at radius 1 is 1.06 bits per heavy atom. The van der Waals surface area contributed by atoms with E-state index >= 15 is 0 Å². The zero-order valence-corrected chi connectivity index (χ0v) is 21.3. The standard InChI is InChI=1S/C26H32ClN3O2S/c1-17-5-8-20(14-23(17)27)19-9-12-24-22(13-19)26(25(15-28-24)33(4,31)32)29-21-10-6-18(7-11-21)16-30(2)3/h5,8-9,12-15,18,21H,6-7,10-11,16H2,1-4H3,(H,28,29)/t18-,21-. The van der Waals surface area contributed by atoms with Crippen LogP contribution in [0, 0.1) is 12.8 Å². The minimum Gasteiger partial charge on any atom is -0.381 e. The zero-order chi connectivity index (χ0) is 23.8. The van der Waals surface area contributed by atoms with Gasteiger partial charge in [0.1, 0.15) is 4.90 Å². The molecule has 0 amide bonds. The first-order valence-electron chi connectivity index (χ1n) is 11.4. The molecule has 0 unspecified atom stereocenters. The van der Waals surface area contributed by atoms with E-state index in [0.717, 1.165) is 59.8 Å². The molecule has 0 bridgehead atoms. The SMILES string of the molecule is Cc1ccc(-c2ccc3ncc(S(C)(=O)=O)c(N[C@H]4CC[C@H](CN(C)C)CC4)c3c2)cc1Cl. The van der Waals surface area contributed by atoms with Crippen LogP contribution < -0.4 is 5.32 Å². The molecule has 1 aliphatic rings. The van der Waals surface area contributed by atoms with E-state index < -0.39 is 9.84 Å². The van der Waals surface area contributed by atoms with Crippen molar-refractivity contribution in [3.63, 3.8) is 0 Å². The van der Waals surface area contributed by atoms with Gasteiger partial charge in [-0.1, -0.05) is 29.8 Å². The van der Waals surface area contributed by atoms with Crippen LogP contribution in [-0.2, 0) is 9.84 Å². The molecule has 1 aromatic heterocycles. The van der Waals surface area contributed by atoms with E-state index in [1.807, 2.05) is 43.3 Å². The minimum absolute atomic E-state index is 0.243. The summed E-state index contributed by atoms with van der Waals surface area (Å²) in [5.74, 6) is 0.694. The van der Waals surface area contributed by atoms with Gasteiger partial charge in [-0.2, -0.15) is 0 Å². The lowest BCUT2D eigenvalue weighted by atomic mass is 9.85. The Kier molecular flexibility index (Phi) is 6.99. The summed E-state index contributed by atoms with van der Waals surface area (Å²) in [5.41, 5.74) is 4.43. The summed E-state index contributed by atoms with van der Waals surface area (Å²) in [4.78, 5) is 6.96. The molecule has 2 aromatic carbocycles. The maximum absolute atomic E-state index is 12.6. The van der Waals surface area contributed by atoms with E-state index in [1.165, 1.54) is 12.5 Å². The van der Waals surface area contributed by atoms with Crippen molar-refractivity contribution in [2.75, 3.05) is 32.2 Å². The first kappa shape index (κ1) is 24.0. The predicted molar refractivity (Wildman–Crippen MR) is 138 cm³/mol. The highest BCUT2D eigenvalue weighted by atomic mass is 35.5. The fourth-order valence-electron chi connectivity index (χ4n) is 4.77. The molecule has 0 saturated heterocycles. The topological polar surface area (TPSA) is 62.3 Å². The molecule has 3 aromatic rings. The second-order valence-corrected chi connectivity index (χ2v) is 12.0. The van der Waals surface area contributed by atoms with E-state index in [0.29, 0.717) is 16.6 Å². The molecule has 1 heterocycles. The summed E-state index contributed by atoms with van der Waals surface area (Å²) < 4.78 is 25.3. The van der Waals surface area contributed by atoms with Crippen molar-refractivity contribution >= 4 is 38.0 Å². The van der Waals surface area contributed by atoms with Crippen LogP contribution in [0.1, 0.15) is 31.2 Å². The lowest BCUT2D eigenvalue weighted by Crippen LogP contribution is -2.31. The average Bonchev–Trinajstić information content (AvgIpc) is 2.75. The largest absolute Gasteiger partial charge is 0.381 e. The van der Waals surface area contributed by atoms with Crippen molar-refractivity contribution in [1.82, 2.24) is 9.88 Å². The predicted octanol–water partition coefficient (Wildman–Crippen LogP) is 5.80. The van der Waals surface area contributed by atoms with Gasteiger partial charge >= 0.3 is 0 Å². The normalized spacial score (nSPS) is 19.2. The van der Waals surface area contributed by atoms with Crippen LogP contribution in [-0.4, -0.2) is 51.2 Å². The van der Waals surface area contributed by atoms with Gasteiger partial charge in [-0.05, 0) is 87.5 Å². The number of sulfone groups is 1. The molecule has 176 valence electrons. The van der Waals surface area contributed by atoms with Crippen LogP contribution in [0.15, 0.2) is 47.5 Å². The van der Waals surface area contributed by atoms with E-state index in [2.05, 4.69) is 29.3 Å². The van der Waals surface area contributed by atoms with Crippen LogP contribution in [0.4, 0.5) is 5.69 Å². The molecule has 33 heavy (non-hydrogen) atoms. The number of aryl methyl sites for hydroxylation is 1. The molecule has 0 radical (unpaired) electrons. The second-order valence-electron chi connectivity index (χ2n) is 9.59. The van der Waals surface area contributed by atoms with Crippen molar-refractivity contribution in [2.45, 2.75) is 43.5 Å². The molecular weight excluding hydrogens is 454 g/mol. The molecule has 1 fully saturated rings. The minimum atomic E-state index is -3.44. The number of anilines is 1. The van der Waals surface area contributed by atoms with Gasteiger partial charge in [0.05, 0.1) is 11.2 Å². The third kappa shape index (κ3) is 5.51. The third-order valence-corrected chi connectivity index (χ3v) is 8.07. The quantitative estimate of drug-likeness (QED) is 0.478. The van der Waals surface area contributed by atoms with Crippen molar-refractivity contribution in [1.29, 1.82) is 0 Å². The van der Waals surface area contributed by atoms with E-state index in [-0.39, 0.29) is 10.9 Å². The first-order valence-corrected chi connectivity index (χ1v) is 13.7. The summed E-state index contributed by atoms with van der Waals surface area (Å²) in [6, 6.07) is 12.2. The number of halogens is 1. The third-order valence-electron chi connectivity index (χ3n) is 6.56. The summed E-state index contributed by atoms with van der Waals surface area (Å²) in [5, 5.41) is 5.15. The van der Waals surface area contributed by atoms with Crippen LogP contribution in [0.25, 0.3) is 22.0 Å². The van der Waals surface area contributed by atoms with Gasteiger partial charge in [0, 0.05) is 35.4 Å². The van der Waals surface area contributed by atoms with Crippen LogP contribution in [0.5, 0.6) is 0 Å². The van der Waals surface area contributed by atoms with Gasteiger partial charge in [0.25, 0.3) is 0 Å². The number of nitrogens with one attached hydrogen (secondary N) is 1. The molecular formula is C26H32ClN3O2S. The second kappa shape index (κ2) is 9.61. The van der Waals surface area contributed by atoms with Crippen molar-refractivity contribution < 1.29 is 8.42 Å². The van der Waals surface area contributed by atoms with Gasteiger partial charge in [0.2, 0.25) is 0 Å².